The first-order valence-electron chi connectivity index (χ1n) is 15.2. The lowest BCUT2D eigenvalue weighted by Gasteiger charge is -2.59. The van der Waals surface area contributed by atoms with E-state index in [-0.39, 0.29) is 53.2 Å². The van der Waals surface area contributed by atoms with E-state index in [2.05, 4.69) is 13.8 Å². The molecular weight excluding hydrogens is 496 g/mol. The molecule has 7 nitrogen and oxygen atoms in total. The second kappa shape index (κ2) is 9.63. The fourth-order valence-corrected chi connectivity index (χ4v) is 9.62. The van der Waals surface area contributed by atoms with Gasteiger partial charge in [-0.25, -0.2) is 0 Å². The molecule has 7 heteroatoms. The van der Waals surface area contributed by atoms with Crippen LogP contribution in [0.2, 0.25) is 0 Å². The summed E-state index contributed by atoms with van der Waals surface area (Å²) < 4.78 is 19.0. The third-order valence-corrected chi connectivity index (χ3v) is 11.5. The lowest BCUT2D eigenvalue weighted by molar-refractivity contribution is -0.210. The summed E-state index contributed by atoms with van der Waals surface area (Å²) in [5.74, 6) is -0.471. The third-order valence-electron chi connectivity index (χ3n) is 11.5. The molecule has 0 aromatic heterocycles. The zero-order valence-corrected chi connectivity index (χ0v) is 23.8. The van der Waals surface area contributed by atoms with Gasteiger partial charge in [0.2, 0.25) is 5.78 Å². The molecule has 1 aliphatic heterocycles. The number of hydrogen-bond donors (Lipinski definition) is 1. The highest BCUT2D eigenvalue weighted by Gasteiger charge is 2.76. The van der Waals surface area contributed by atoms with Gasteiger partial charge in [-0.3, -0.25) is 14.4 Å². The molecule has 0 aromatic rings. The zero-order valence-electron chi connectivity index (χ0n) is 23.8. The SMILES string of the molecule is CC(C)C(=O)OCC(=O)[C@@]12O[C@H](C3CCCCC3)O[C@@H]1CC1C3CCC4=CC(=O)C=C[C@]4(C)C3[C@@H](O)C[C@@]12C. The van der Waals surface area contributed by atoms with Gasteiger partial charge in [-0.1, -0.05) is 58.6 Å². The summed E-state index contributed by atoms with van der Waals surface area (Å²) in [4.78, 5) is 38.7. The van der Waals surface area contributed by atoms with Crippen molar-refractivity contribution in [3.8, 4) is 0 Å². The predicted molar refractivity (Wildman–Crippen MR) is 143 cm³/mol. The molecule has 0 radical (unpaired) electrons. The fraction of sp³-hybridized carbons (Fsp3) is 0.781. The first-order valence-corrected chi connectivity index (χ1v) is 15.2. The summed E-state index contributed by atoms with van der Waals surface area (Å²) in [6.07, 6.45) is 12.2. The number of aliphatic hydroxyl groups excluding tert-OH is 1. The number of Topliss-reactive ketones (excluding diaryl/α,β-unsaturated/α-hetero) is 1. The maximum Gasteiger partial charge on any atom is 0.308 e. The summed E-state index contributed by atoms with van der Waals surface area (Å²) in [7, 11) is 0. The summed E-state index contributed by atoms with van der Waals surface area (Å²) in [6.45, 7) is 7.44. The molecule has 1 N–H and O–H groups in total. The van der Waals surface area contributed by atoms with Crippen molar-refractivity contribution >= 4 is 17.5 Å². The second-order valence-corrected chi connectivity index (χ2v) is 13.9. The molecule has 0 bridgehead atoms. The number of ether oxygens (including phenoxy) is 3. The van der Waals surface area contributed by atoms with Crippen molar-refractivity contribution in [2.24, 2.45) is 40.4 Å². The van der Waals surface area contributed by atoms with Crippen LogP contribution in [0.3, 0.4) is 0 Å². The molecule has 1 saturated heterocycles. The number of rotatable bonds is 5. The molecule has 6 aliphatic rings. The van der Waals surface area contributed by atoms with Gasteiger partial charge in [0.15, 0.2) is 24.3 Å². The van der Waals surface area contributed by atoms with Crippen LogP contribution in [0.5, 0.6) is 0 Å². The molecule has 0 amide bonds. The zero-order chi connectivity index (χ0) is 27.7. The Bertz CT molecular complexity index is 1100. The van der Waals surface area contributed by atoms with Crippen LogP contribution < -0.4 is 0 Å². The van der Waals surface area contributed by atoms with Crippen molar-refractivity contribution in [3.05, 3.63) is 23.8 Å². The summed E-state index contributed by atoms with van der Waals surface area (Å²) >= 11 is 0. The van der Waals surface area contributed by atoms with Crippen LogP contribution >= 0.6 is 0 Å². The van der Waals surface area contributed by atoms with E-state index in [1.165, 1.54) is 6.42 Å². The first-order chi connectivity index (χ1) is 18.5. The molecule has 1 heterocycles. The normalized spacial score (nSPS) is 45.3. The number of fused-ring (bicyclic) bond motifs is 7. The Hall–Kier alpha value is -1.83. The quantitative estimate of drug-likeness (QED) is 0.505. The van der Waals surface area contributed by atoms with E-state index >= 15 is 0 Å². The largest absolute Gasteiger partial charge is 0.457 e. The van der Waals surface area contributed by atoms with Gasteiger partial charge in [0.1, 0.15) is 0 Å². The Balaban J connectivity index is 1.35. The number of aliphatic hydroxyl groups is 1. The van der Waals surface area contributed by atoms with Crippen molar-refractivity contribution in [1.29, 1.82) is 0 Å². The molecule has 9 atom stereocenters. The number of esters is 1. The Kier molecular flexibility index (Phi) is 6.75. The molecule has 0 spiro atoms. The standard InChI is InChI=1S/C32H44O7/c1-18(2)28(36)37-17-25(35)32-26(38-29(39-32)19-8-6-5-7-9-19)15-23-22-11-10-20-14-21(33)12-13-30(20,3)27(22)24(34)16-31(23,32)4/h12-14,18-19,22-24,26-27,29,34H,5-11,15-17H2,1-4H3/t22?,23?,24-,26+,27?,29+,30-,31-,32+/m0/s1. The van der Waals surface area contributed by atoms with E-state index in [1.807, 2.05) is 6.08 Å². The van der Waals surface area contributed by atoms with Crippen LogP contribution in [0.25, 0.3) is 0 Å². The Morgan fingerprint density at radius 3 is 2.62 bits per heavy atom. The molecule has 39 heavy (non-hydrogen) atoms. The number of carbonyl (C=O) groups is 3. The average molecular weight is 541 g/mol. The number of carbonyl (C=O) groups excluding carboxylic acids is 3. The Morgan fingerprint density at radius 1 is 1.15 bits per heavy atom. The molecule has 6 rings (SSSR count). The van der Waals surface area contributed by atoms with Crippen LogP contribution in [0.15, 0.2) is 23.8 Å². The highest BCUT2D eigenvalue weighted by molar-refractivity contribution is 6.01. The molecule has 4 saturated carbocycles. The van der Waals surface area contributed by atoms with Gasteiger partial charge in [-0.05, 0) is 62.5 Å². The smallest absolute Gasteiger partial charge is 0.308 e. The minimum absolute atomic E-state index is 0.0162. The van der Waals surface area contributed by atoms with Gasteiger partial charge in [0.05, 0.1) is 18.1 Å². The van der Waals surface area contributed by atoms with Crippen molar-refractivity contribution in [1.82, 2.24) is 0 Å². The fourth-order valence-electron chi connectivity index (χ4n) is 9.62. The Labute approximate surface area is 231 Å². The summed E-state index contributed by atoms with van der Waals surface area (Å²) in [5.41, 5.74) is -1.19. The van der Waals surface area contributed by atoms with Crippen LogP contribution in [0.4, 0.5) is 0 Å². The number of hydrogen-bond acceptors (Lipinski definition) is 7. The van der Waals surface area contributed by atoms with E-state index in [4.69, 9.17) is 14.2 Å². The average Bonchev–Trinajstić information content (AvgIpc) is 3.41. The molecular formula is C32H44O7. The van der Waals surface area contributed by atoms with Crippen LogP contribution in [0.1, 0.15) is 85.5 Å². The number of ketones is 2. The van der Waals surface area contributed by atoms with E-state index in [0.717, 1.165) is 44.1 Å². The monoisotopic (exact) mass is 540 g/mol. The van der Waals surface area contributed by atoms with E-state index in [1.54, 1.807) is 26.0 Å². The van der Waals surface area contributed by atoms with Crippen molar-refractivity contribution < 1.29 is 33.7 Å². The lowest BCUT2D eigenvalue weighted by Crippen LogP contribution is -2.63. The topological polar surface area (TPSA) is 99.1 Å². The van der Waals surface area contributed by atoms with Crippen molar-refractivity contribution in [3.63, 3.8) is 0 Å². The van der Waals surface area contributed by atoms with E-state index < -0.39 is 35.5 Å². The second-order valence-electron chi connectivity index (χ2n) is 13.9. The van der Waals surface area contributed by atoms with E-state index in [9.17, 15) is 19.5 Å². The molecule has 214 valence electrons. The van der Waals surface area contributed by atoms with Gasteiger partial charge in [0.25, 0.3) is 0 Å². The summed E-state index contributed by atoms with van der Waals surface area (Å²) in [6, 6.07) is 0. The highest BCUT2D eigenvalue weighted by Crippen LogP contribution is 2.70. The van der Waals surface area contributed by atoms with Gasteiger partial charge in [-0.15, -0.1) is 0 Å². The summed E-state index contributed by atoms with van der Waals surface area (Å²) in [5, 5.41) is 11.9. The molecule has 5 aliphatic carbocycles. The lowest BCUT2D eigenvalue weighted by atomic mass is 9.46. The minimum Gasteiger partial charge on any atom is -0.457 e. The van der Waals surface area contributed by atoms with Crippen LogP contribution in [0, 0.1) is 40.4 Å². The molecule has 0 aromatic carbocycles. The van der Waals surface area contributed by atoms with Crippen molar-refractivity contribution in [2.45, 2.75) is 110 Å². The highest BCUT2D eigenvalue weighted by atomic mass is 16.7. The number of allylic oxidation sites excluding steroid dienone is 4. The van der Waals surface area contributed by atoms with Crippen LogP contribution in [-0.4, -0.2) is 53.3 Å². The van der Waals surface area contributed by atoms with Gasteiger partial charge in [0, 0.05) is 22.7 Å². The Morgan fingerprint density at radius 2 is 1.90 bits per heavy atom. The molecule has 3 unspecified atom stereocenters. The van der Waals surface area contributed by atoms with Gasteiger partial charge >= 0.3 is 5.97 Å². The maximum absolute atomic E-state index is 14.2. The van der Waals surface area contributed by atoms with Gasteiger partial charge < -0.3 is 19.3 Å². The first kappa shape index (κ1) is 27.3. The van der Waals surface area contributed by atoms with Gasteiger partial charge in [-0.2, -0.15) is 0 Å². The minimum atomic E-state index is -1.25. The van der Waals surface area contributed by atoms with E-state index in [0.29, 0.717) is 12.8 Å². The van der Waals surface area contributed by atoms with Crippen molar-refractivity contribution in [2.75, 3.05) is 6.61 Å². The maximum atomic E-state index is 14.2. The van der Waals surface area contributed by atoms with Crippen LogP contribution in [-0.2, 0) is 28.6 Å². The predicted octanol–water partition coefficient (Wildman–Crippen LogP) is 4.70. The molecule has 5 fully saturated rings. The third kappa shape index (κ3) is 3.97.